The molecule has 102 valence electrons. The highest BCUT2D eigenvalue weighted by Crippen LogP contribution is 2.35. The molecule has 19 heavy (non-hydrogen) atoms. The molecule has 0 saturated heterocycles. The number of halogens is 3. The van der Waals surface area contributed by atoms with Crippen LogP contribution in [0.3, 0.4) is 0 Å². The van der Waals surface area contributed by atoms with Gasteiger partial charge < -0.3 is 5.32 Å². The molecule has 0 spiro atoms. The van der Waals surface area contributed by atoms with Gasteiger partial charge in [-0.25, -0.2) is 0 Å². The maximum Gasteiger partial charge on any atom is 0.0704 e. The Morgan fingerprint density at radius 2 is 2.00 bits per heavy atom. The van der Waals surface area contributed by atoms with Gasteiger partial charge in [-0.1, -0.05) is 34.5 Å². The lowest BCUT2D eigenvalue weighted by Gasteiger charge is -2.19. The van der Waals surface area contributed by atoms with Gasteiger partial charge in [0, 0.05) is 14.4 Å². The molecule has 1 nitrogen and oxygen atoms in total. The summed E-state index contributed by atoms with van der Waals surface area (Å²) in [4.78, 5) is 1.31. The normalized spacial score (nSPS) is 12.7. The molecule has 0 saturated carbocycles. The Bertz CT molecular complexity index is 563. The maximum absolute atomic E-state index is 6.16. The van der Waals surface area contributed by atoms with E-state index in [1.54, 1.807) is 11.3 Å². The first-order valence-corrected chi connectivity index (χ1v) is 8.74. The van der Waals surface area contributed by atoms with Crippen LogP contribution in [-0.4, -0.2) is 6.54 Å². The standard InChI is InChI=1S/C14H14Br2ClNS/c1-3-18-14(12-7-13(16)19-8(12)2)9-4-10(15)6-11(17)5-9/h4-7,14,18H,3H2,1-2H3. The summed E-state index contributed by atoms with van der Waals surface area (Å²) in [6.07, 6.45) is 0. The first kappa shape index (κ1) is 15.5. The molecule has 5 heteroatoms. The molecule has 1 aromatic heterocycles. The van der Waals surface area contributed by atoms with Crippen LogP contribution in [0, 0.1) is 6.92 Å². The molecule has 1 N–H and O–H groups in total. The zero-order chi connectivity index (χ0) is 14.0. The summed E-state index contributed by atoms with van der Waals surface area (Å²) < 4.78 is 2.16. The Hall–Kier alpha value is 0.130. The van der Waals surface area contributed by atoms with Crippen LogP contribution in [0.2, 0.25) is 5.02 Å². The summed E-state index contributed by atoms with van der Waals surface area (Å²) in [5, 5.41) is 4.28. The minimum absolute atomic E-state index is 0.169. The number of rotatable bonds is 4. The summed E-state index contributed by atoms with van der Waals surface area (Å²) in [5.74, 6) is 0. The average Bonchev–Trinajstić information content (AvgIpc) is 2.64. The number of benzene rings is 1. The van der Waals surface area contributed by atoms with Gasteiger partial charge in [0.15, 0.2) is 0 Å². The van der Waals surface area contributed by atoms with Crippen molar-refractivity contribution in [3.05, 3.63) is 53.6 Å². The molecule has 0 bridgehead atoms. The smallest absolute Gasteiger partial charge is 0.0704 e. The Balaban J connectivity index is 2.47. The molecule has 1 unspecified atom stereocenters. The third-order valence-electron chi connectivity index (χ3n) is 2.86. The van der Waals surface area contributed by atoms with Gasteiger partial charge in [0.05, 0.1) is 9.83 Å². The van der Waals surface area contributed by atoms with E-state index in [1.165, 1.54) is 16.0 Å². The van der Waals surface area contributed by atoms with E-state index in [9.17, 15) is 0 Å². The second-order valence-electron chi connectivity index (χ2n) is 4.26. The quantitative estimate of drug-likeness (QED) is 0.642. The summed E-state index contributed by atoms with van der Waals surface area (Å²) in [6, 6.07) is 8.39. The number of thiophene rings is 1. The Morgan fingerprint density at radius 1 is 1.26 bits per heavy atom. The summed E-state index contributed by atoms with van der Waals surface area (Å²) in [6.45, 7) is 5.17. The van der Waals surface area contributed by atoms with Gasteiger partial charge in [-0.15, -0.1) is 11.3 Å². The topological polar surface area (TPSA) is 12.0 Å². The predicted molar refractivity (Wildman–Crippen MR) is 91.4 cm³/mol. The zero-order valence-corrected chi connectivity index (χ0v) is 15.4. The number of hydrogen-bond donors (Lipinski definition) is 1. The minimum Gasteiger partial charge on any atom is -0.306 e. The first-order chi connectivity index (χ1) is 9.01. The largest absolute Gasteiger partial charge is 0.306 e. The number of aryl methyl sites for hydroxylation is 1. The molecular formula is C14H14Br2ClNS. The van der Waals surface area contributed by atoms with Crippen molar-refractivity contribution in [3.63, 3.8) is 0 Å². The van der Waals surface area contributed by atoms with Crippen LogP contribution in [0.15, 0.2) is 32.5 Å². The van der Waals surface area contributed by atoms with E-state index in [2.05, 4.69) is 63.2 Å². The maximum atomic E-state index is 6.16. The lowest BCUT2D eigenvalue weighted by molar-refractivity contribution is 0.629. The Morgan fingerprint density at radius 3 is 2.53 bits per heavy atom. The van der Waals surface area contributed by atoms with E-state index < -0.39 is 0 Å². The SMILES string of the molecule is CCNC(c1cc(Cl)cc(Br)c1)c1cc(Br)sc1C. The molecule has 0 aliphatic carbocycles. The van der Waals surface area contributed by atoms with E-state index in [0.717, 1.165) is 19.8 Å². The van der Waals surface area contributed by atoms with Crippen LogP contribution >= 0.6 is 54.8 Å². The van der Waals surface area contributed by atoms with E-state index >= 15 is 0 Å². The molecule has 1 aromatic carbocycles. The van der Waals surface area contributed by atoms with Gasteiger partial charge >= 0.3 is 0 Å². The fraction of sp³-hybridized carbons (Fsp3) is 0.286. The average molecular weight is 424 g/mol. The van der Waals surface area contributed by atoms with Crippen LogP contribution < -0.4 is 5.32 Å². The molecular weight excluding hydrogens is 409 g/mol. The van der Waals surface area contributed by atoms with Gasteiger partial charge in [0.2, 0.25) is 0 Å². The van der Waals surface area contributed by atoms with E-state index in [4.69, 9.17) is 11.6 Å². The molecule has 2 rings (SSSR count). The Kier molecular flexibility index (Phi) is 5.49. The predicted octanol–water partition coefficient (Wildman–Crippen LogP) is 5.93. The number of nitrogens with one attached hydrogen (secondary N) is 1. The van der Waals surface area contributed by atoms with Crippen molar-refractivity contribution in [1.82, 2.24) is 5.32 Å². The van der Waals surface area contributed by atoms with Crippen molar-refractivity contribution in [2.75, 3.05) is 6.54 Å². The van der Waals surface area contributed by atoms with Gasteiger partial charge in [0.25, 0.3) is 0 Å². The van der Waals surface area contributed by atoms with Gasteiger partial charge in [-0.2, -0.15) is 0 Å². The van der Waals surface area contributed by atoms with Crippen LogP contribution in [0.5, 0.6) is 0 Å². The van der Waals surface area contributed by atoms with Crippen LogP contribution in [-0.2, 0) is 0 Å². The van der Waals surface area contributed by atoms with Crippen molar-refractivity contribution in [3.8, 4) is 0 Å². The van der Waals surface area contributed by atoms with Crippen molar-refractivity contribution in [1.29, 1.82) is 0 Å². The first-order valence-electron chi connectivity index (χ1n) is 5.96. The van der Waals surface area contributed by atoms with Crippen molar-refractivity contribution >= 4 is 54.8 Å². The molecule has 0 radical (unpaired) electrons. The monoisotopic (exact) mass is 421 g/mol. The lowest BCUT2D eigenvalue weighted by Crippen LogP contribution is -2.22. The number of hydrogen-bond acceptors (Lipinski definition) is 2. The minimum atomic E-state index is 0.169. The van der Waals surface area contributed by atoms with Gasteiger partial charge in [-0.3, -0.25) is 0 Å². The lowest BCUT2D eigenvalue weighted by atomic mass is 9.99. The van der Waals surface area contributed by atoms with Crippen molar-refractivity contribution in [2.24, 2.45) is 0 Å². The van der Waals surface area contributed by atoms with E-state index in [-0.39, 0.29) is 6.04 Å². The van der Waals surface area contributed by atoms with Gasteiger partial charge in [0.1, 0.15) is 0 Å². The highest BCUT2D eigenvalue weighted by molar-refractivity contribution is 9.11. The summed E-state index contributed by atoms with van der Waals surface area (Å²) >= 11 is 15.0. The fourth-order valence-electron chi connectivity index (χ4n) is 2.10. The third-order valence-corrected chi connectivity index (χ3v) is 5.11. The molecule has 0 fully saturated rings. The molecule has 0 aliphatic rings. The molecule has 0 amide bonds. The summed E-state index contributed by atoms with van der Waals surface area (Å²) in [5.41, 5.74) is 2.47. The highest BCUT2D eigenvalue weighted by Gasteiger charge is 2.18. The summed E-state index contributed by atoms with van der Waals surface area (Å²) in [7, 11) is 0. The second kappa shape index (κ2) is 6.72. The van der Waals surface area contributed by atoms with Crippen LogP contribution in [0.4, 0.5) is 0 Å². The zero-order valence-electron chi connectivity index (χ0n) is 10.6. The second-order valence-corrected chi connectivity index (χ2v) is 8.24. The fourth-order valence-corrected chi connectivity index (χ4v) is 4.73. The highest BCUT2D eigenvalue weighted by atomic mass is 79.9. The van der Waals surface area contributed by atoms with Crippen molar-refractivity contribution < 1.29 is 0 Å². The van der Waals surface area contributed by atoms with E-state index in [1.807, 2.05) is 12.1 Å². The van der Waals surface area contributed by atoms with Crippen molar-refractivity contribution in [2.45, 2.75) is 19.9 Å². The van der Waals surface area contributed by atoms with Crippen LogP contribution in [0.1, 0.15) is 29.0 Å². The van der Waals surface area contributed by atoms with Crippen LogP contribution in [0.25, 0.3) is 0 Å². The molecule has 1 atom stereocenters. The van der Waals surface area contributed by atoms with E-state index in [0.29, 0.717) is 0 Å². The molecule has 0 aliphatic heterocycles. The molecule has 2 aromatic rings. The Labute approximate surface area is 139 Å². The molecule has 1 heterocycles. The van der Waals surface area contributed by atoms with Gasteiger partial charge in [-0.05, 0) is 64.8 Å². The third kappa shape index (κ3) is 3.82.